The number of aliphatic hydroxyl groups excluding tert-OH is 3. The van der Waals surface area contributed by atoms with E-state index in [9.17, 15) is 14.7 Å². The Morgan fingerprint density at radius 2 is 1.73 bits per heavy atom. The van der Waals surface area contributed by atoms with Gasteiger partial charge in [-0.1, -0.05) is 30.7 Å². The minimum atomic E-state index is -1.33. The second-order valence-corrected chi connectivity index (χ2v) is 14.6. The molecule has 52 heavy (non-hydrogen) atoms. The van der Waals surface area contributed by atoms with Crippen molar-refractivity contribution >= 4 is 125 Å². The first-order valence-corrected chi connectivity index (χ1v) is 20.4. The molecule has 2 saturated heterocycles. The number of aryl methyl sites for hydroxylation is 1. The number of ether oxygens (including phenoxy) is 4. The Kier molecular flexibility index (Phi) is 18.6. The fourth-order valence-corrected chi connectivity index (χ4v) is 5.93. The number of carbonyl (C=O) groups is 2. The normalized spacial score (nSPS) is 31.5. The van der Waals surface area contributed by atoms with Gasteiger partial charge >= 0.3 is 0 Å². The summed E-state index contributed by atoms with van der Waals surface area (Å²) < 4.78 is 105. The van der Waals surface area contributed by atoms with Gasteiger partial charge in [0.1, 0.15) is 84.7 Å². The number of rotatable bonds is 18. The van der Waals surface area contributed by atoms with Crippen molar-refractivity contribution in [2.24, 2.45) is 0 Å². The van der Waals surface area contributed by atoms with Crippen LogP contribution in [0.3, 0.4) is 0 Å². The Morgan fingerprint density at radius 3 is 2.27 bits per heavy atom. The van der Waals surface area contributed by atoms with Crippen molar-refractivity contribution in [1.29, 1.82) is 13.5 Å². The van der Waals surface area contributed by atoms with Gasteiger partial charge in [-0.15, -0.1) is 0 Å². The largest absolute Gasteiger partial charge is 0.462 e. The molecule has 23 heteroatoms. The lowest BCUT2D eigenvalue weighted by Gasteiger charge is -2.43. The molecule has 0 radical (unpaired) electrons. The van der Waals surface area contributed by atoms with Gasteiger partial charge in [0.05, 0.1) is 6.04 Å². The Bertz CT molecular complexity index is 1500. The zero-order chi connectivity index (χ0) is 47.3. The molecule has 1 aliphatic carbocycles. The highest BCUT2D eigenvalue weighted by molar-refractivity contribution is 8.21. The molecule has 4 rings (SSSR count). The number of amides is 1. The molecule has 4 N–H and O–H groups in total. The molecule has 0 bridgehead atoms. The van der Waals surface area contributed by atoms with Gasteiger partial charge < -0.3 is 48.0 Å². The van der Waals surface area contributed by atoms with Gasteiger partial charge in [-0.3, -0.25) is 9.59 Å². The smallest absolute Gasteiger partial charge is 0.247 e. The molecule has 3 aliphatic rings. The SMILES string of the molecule is [2H]B(C)S.[2H]B(C)S.[2H]B([3H])CSCl.[2H]B([3H])CSO[C@H]1[C@H](O)[C@H](Oc2ccc(/C=C(\C)C(=O)NC3[C@@H](OSCB([2H])[3H])[C@@H]4OCO[C@@H]4[C@H](O[3H])[C@H]3O[3H])cc2C)O[C@@H]1C(C)=O. The van der Waals surface area contributed by atoms with E-state index in [4.69, 9.17) is 61.8 Å². The molecule has 0 spiro atoms. The number of fused-ring (bicyclic) bond motifs is 1. The van der Waals surface area contributed by atoms with Crippen LogP contribution in [-0.2, 0) is 32.2 Å². The number of thiol groups is 2. The van der Waals surface area contributed by atoms with Gasteiger partial charge in [-0.25, -0.2) is 25.0 Å². The predicted molar refractivity (Wildman–Crippen MR) is 232 cm³/mol. The van der Waals surface area contributed by atoms with Crippen molar-refractivity contribution < 1.29 is 52.2 Å². The molecule has 1 aromatic carbocycles. The number of halogens is 1. The minimum absolute atomic E-state index is 0.00848. The van der Waals surface area contributed by atoms with Crippen LogP contribution in [0.25, 0.3) is 6.08 Å². The first-order valence-electron chi connectivity index (χ1n) is 21.1. The van der Waals surface area contributed by atoms with Crippen LogP contribution < -0.4 is 10.1 Å². The van der Waals surface area contributed by atoms with Crippen LogP contribution in [0.4, 0.5) is 0 Å². The first-order chi connectivity index (χ1) is 29.1. The van der Waals surface area contributed by atoms with E-state index in [0.29, 0.717) is 22.5 Å². The molecule has 1 aromatic rings. The minimum Gasteiger partial charge on any atom is -0.462 e. The van der Waals surface area contributed by atoms with E-state index in [2.05, 4.69) is 30.3 Å². The summed E-state index contributed by atoms with van der Waals surface area (Å²) in [7, 11) is 3.00. The molecule has 2 aliphatic heterocycles. The zero-order valence-electron chi connectivity index (χ0n) is 39.3. The predicted octanol–water partition coefficient (Wildman–Crippen LogP) is -0.243. The highest BCUT2D eigenvalue weighted by atomic mass is 35.7. The van der Waals surface area contributed by atoms with E-state index >= 15 is 0 Å². The van der Waals surface area contributed by atoms with Gasteiger partial charge in [0.25, 0.3) is 0 Å². The van der Waals surface area contributed by atoms with E-state index < -0.39 is 90.4 Å². The summed E-state index contributed by atoms with van der Waals surface area (Å²) in [5.74, 6) is -0.572. The highest BCUT2D eigenvalue weighted by Crippen LogP contribution is 2.34. The second-order valence-electron chi connectivity index (χ2n) is 10.8. The Morgan fingerprint density at radius 1 is 1.12 bits per heavy atom. The van der Waals surface area contributed by atoms with Crippen LogP contribution in [0.1, 0.15) is 25.0 Å². The number of benzene rings is 1. The lowest BCUT2D eigenvalue weighted by Crippen LogP contribution is -2.67. The van der Waals surface area contributed by atoms with Crippen LogP contribution in [-0.4, -0.2) is 162 Å². The highest BCUT2D eigenvalue weighted by Gasteiger charge is 2.55. The quantitative estimate of drug-likeness (QED) is 0.0497. The maximum absolute atomic E-state index is 13.4. The fraction of sp³-hybridized carbons (Fsp3) is 0.655. The molecule has 1 saturated carbocycles. The van der Waals surface area contributed by atoms with Crippen LogP contribution in [0.5, 0.6) is 5.75 Å². The lowest BCUT2D eigenvalue weighted by molar-refractivity contribution is -0.147. The molecule has 1 unspecified atom stereocenters. The molecule has 12 nitrogen and oxygen atoms in total. The van der Waals surface area contributed by atoms with Crippen molar-refractivity contribution in [1.82, 2.24) is 5.32 Å². The number of hydrogen-bond donors (Lipinski definition) is 6. The zero-order valence-corrected chi connectivity index (χ0v) is 34.3. The first kappa shape index (κ1) is 35.1. The van der Waals surface area contributed by atoms with E-state index in [0.717, 1.165) is 35.1 Å². The Hall–Kier alpha value is -0.0553. The fourth-order valence-electron chi connectivity index (χ4n) is 5.02. The van der Waals surface area contributed by atoms with E-state index in [-0.39, 0.29) is 42.5 Å². The molecule has 2 heterocycles. The molecular weight excluding hydrogens is 788 g/mol. The lowest BCUT2D eigenvalue weighted by atomic mass is 9.83. The third-order valence-electron chi connectivity index (χ3n) is 7.16. The summed E-state index contributed by atoms with van der Waals surface area (Å²) in [5.41, 5.74) is 1.93. The van der Waals surface area contributed by atoms with Gasteiger partial charge in [0, 0.05) is 5.57 Å². The molecule has 3 fully saturated rings. The summed E-state index contributed by atoms with van der Waals surface area (Å²) in [6.45, 7) is 7.44. The molecule has 10 atom stereocenters. The second kappa shape index (κ2) is 27.5. The standard InChI is InChI=1S/C26H37B2NO11S2.CH4BClS.2CH5BS/c1-11-6-14(4-5-15(11)37-26-19(33)23(40-42-9-28)20(38-26)13(3)30)7-12(2)25(34)29-16-17(31)18(32)22-24(36-10-35-22)21(16)39-41-8-27;2-1-4-3;2*1-2-3/h4-7,16-24,26,31-33H,8-10,27-28H2,1-3H3,(H,29,34);1-2H2;2*2-3H,1H3/b12-7+;;;/t16?,17-,18+,19-,20+,21+,22+,23-,24-,26+;;;/m0.../s1/i27TD,28TD,31T,32T;2TD;2*2D. The maximum Gasteiger partial charge on any atom is 0.247 e. The van der Waals surface area contributed by atoms with Crippen molar-refractivity contribution in [3.05, 3.63) is 34.9 Å². The number of carbonyl (C=O) groups excluding carboxylic acids is 2. The van der Waals surface area contributed by atoms with Crippen molar-refractivity contribution in [3.8, 4) is 5.75 Å². The van der Waals surface area contributed by atoms with Crippen molar-refractivity contribution in [3.63, 3.8) is 0 Å². The summed E-state index contributed by atoms with van der Waals surface area (Å²) in [4.78, 5) is 25.6. The Labute approximate surface area is 354 Å². The van der Waals surface area contributed by atoms with E-state index in [1.165, 1.54) is 6.92 Å². The third kappa shape index (κ3) is 15.5. The van der Waals surface area contributed by atoms with Crippen LogP contribution in [0, 0.1) is 6.92 Å². The summed E-state index contributed by atoms with van der Waals surface area (Å²) in [6.07, 6.45) is -7.89. The van der Waals surface area contributed by atoms with Crippen molar-refractivity contribution in [2.45, 2.75) is 95.6 Å². The average Bonchev–Trinajstić information content (AvgIpc) is 3.77. The van der Waals surface area contributed by atoms with Crippen molar-refractivity contribution in [2.75, 3.05) is 23.7 Å². The molecular formula is C29H51B5ClNO11S5. The number of hydrogen-bond acceptors (Lipinski definition) is 16. The molecule has 0 aromatic heterocycles. The number of Topliss-reactive ketones (excluding diaryl/α,β-unsaturated/α-hetero) is 1. The van der Waals surface area contributed by atoms with Gasteiger partial charge in [-0.2, -0.15) is 0 Å². The van der Waals surface area contributed by atoms with Crippen LogP contribution in [0.15, 0.2) is 23.8 Å². The third-order valence-corrected chi connectivity index (χ3v) is 8.65. The van der Waals surface area contributed by atoms with E-state index in [1.54, 1.807) is 51.8 Å². The Balaban J connectivity index is 0.00000119. The van der Waals surface area contributed by atoms with Gasteiger partial charge in [0.2, 0.25) is 15.1 Å². The summed E-state index contributed by atoms with van der Waals surface area (Å²) in [5, 5.41) is 23.3. The molecule has 290 valence electrons. The number of nitrogens with one attached hydrogen (secondary N) is 1. The van der Waals surface area contributed by atoms with Gasteiger partial charge in [-0.05, 0) is 113 Å². The topological polar surface area (TPSA) is 162 Å². The van der Waals surface area contributed by atoms with Crippen LogP contribution >= 0.6 is 70.7 Å². The molecule has 1 amide bonds. The average molecular weight is 855 g/mol. The number of ketones is 1. The monoisotopic (exact) mass is 854 g/mol. The van der Waals surface area contributed by atoms with E-state index in [1.807, 2.05) is 0 Å². The summed E-state index contributed by atoms with van der Waals surface area (Å²) >= 11 is 8.91. The van der Waals surface area contributed by atoms with Gasteiger partial charge in [0.15, 0.2) is 18.8 Å². The summed E-state index contributed by atoms with van der Waals surface area (Å²) in [6, 6.07) is 3.99. The maximum atomic E-state index is 13.4. The number of aliphatic hydroxyl groups is 3. The van der Waals surface area contributed by atoms with Crippen LogP contribution in [0.2, 0.25) is 13.6 Å².